The van der Waals surface area contributed by atoms with E-state index >= 15 is 0 Å². The molecule has 20 heavy (non-hydrogen) atoms. The number of nitrogens with zero attached hydrogens (tertiary/aromatic N) is 3. The topological polar surface area (TPSA) is 37.2 Å². The smallest absolute Gasteiger partial charge is 0.114 e. The minimum absolute atomic E-state index is 0.584. The molecule has 0 bridgehead atoms. The summed E-state index contributed by atoms with van der Waals surface area (Å²) < 4.78 is 0. The molecular formula is C16H25N3O. The van der Waals surface area contributed by atoms with E-state index in [4.69, 9.17) is 4.84 Å². The molecule has 0 saturated heterocycles. The fraction of sp³-hybridized carbons (Fsp3) is 0.500. The van der Waals surface area contributed by atoms with Crippen LogP contribution in [0.5, 0.6) is 0 Å². The lowest BCUT2D eigenvalue weighted by molar-refractivity contribution is 0.159. The molecule has 0 aliphatic carbocycles. The standard InChI is InChI=1S/C16H25N3O/c1-7-19(6)11-17-16-10-12(3)15(9-13(16)4)14(5)18-20-8-2/h9-11H,7-8H2,1-6H3/b17-11+,18-14+. The molecule has 0 aliphatic rings. The number of aryl methyl sites for hydroxylation is 2. The summed E-state index contributed by atoms with van der Waals surface area (Å²) in [5.74, 6) is 0. The van der Waals surface area contributed by atoms with E-state index in [1.165, 1.54) is 0 Å². The summed E-state index contributed by atoms with van der Waals surface area (Å²) in [7, 11) is 2.01. The Kier molecular flexibility index (Phi) is 6.22. The van der Waals surface area contributed by atoms with E-state index in [1.54, 1.807) is 0 Å². The van der Waals surface area contributed by atoms with E-state index in [0.29, 0.717) is 6.61 Å². The molecule has 1 aromatic rings. The SMILES string of the molecule is CCO/N=C(\C)c1cc(C)c(/N=C/N(C)CC)cc1C. The largest absolute Gasteiger partial charge is 0.396 e. The number of hydrogen-bond donors (Lipinski definition) is 0. The van der Waals surface area contributed by atoms with Gasteiger partial charge >= 0.3 is 0 Å². The first-order chi connectivity index (χ1) is 9.49. The van der Waals surface area contributed by atoms with Crippen molar-refractivity contribution in [3.63, 3.8) is 0 Å². The van der Waals surface area contributed by atoms with Crippen LogP contribution in [0.3, 0.4) is 0 Å². The van der Waals surface area contributed by atoms with E-state index in [0.717, 1.165) is 34.6 Å². The van der Waals surface area contributed by atoms with Crippen LogP contribution >= 0.6 is 0 Å². The molecule has 1 rings (SSSR count). The number of benzene rings is 1. The van der Waals surface area contributed by atoms with Gasteiger partial charge < -0.3 is 9.74 Å². The Bertz CT molecular complexity index is 507. The van der Waals surface area contributed by atoms with E-state index in [-0.39, 0.29) is 0 Å². The highest BCUT2D eigenvalue weighted by Crippen LogP contribution is 2.23. The van der Waals surface area contributed by atoms with Gasteiger partial charge in [0.25, 0.3) is 0 Å². The molecule has 0 fully saturated rings. The first-order valence-corrected chi connectivity index (χ1v) is 7.02. The maximum atomic E-state index is 5.12. The van der Waals surface area contributed by atoms with Gasteiger partial charge in [0.15, 0.2) is 0 Å². The molecule has 1 aromatic carbocycles. The van der Waals surface area contributed by atoms with E-state index in [9.17, 15) is 0 Å². The summed E-state index contributed by atoms with van der Waals surface area (Å²) >= 11 is 0. The van der Waals surface area contributed by atoms with E-state index < -0.39 is 0 Å². The molecule has 0 N–H and O–H groups in total. The third-order valence-corrected chi connectivity index (χ3v) is 3.16. The van der Waals surface area contributed by atoms with Gasteiger partial charge in [0, 0.05) is 19.2 Å². The molecule has 0 heterocycles. The predicted molar refractivity (Wildman–Crippen MR) is 86.2 cm³/mol. The van der Waals surface area contributed by atoms with Crippen molar-refractivity contribution in [2.24, 2.45) is 10.1 Å². The molecular weight excluding hydrogens is 250 g/mol. The van der Waals surface area contributed by atoms with Crippen LogP contribution in [0.15, 0.2) is 22.3 Å². The zero-order valence-electron chi connectivity index (χ0n) is 13.4. The first kappa shape index (κ1) is 16.2. The lowest BCUT2D eigenvalue weighted by Crippen LogP contribution is -2.14. The van der Waals surface area contributed by atoms with Crippen molar-refractivity contribution < 1.29 is 4.84 Å². The zero-order chi connectivity index (χ0) is 15.1. The molecule has 0 aliphatic heterocycles. The third kappa shape index (κ3) is 4.37. The van der Waals surface area contributed by atoms with Gasteiger partial charge in [-0.1, -0.05) is 5.16 Å². The molecule has 0 aromatic heterocycles. The number of rotatable bonds is 6. The van der Waals surface area contributed by atoms with Crippen LogP contribution in [0, 0.1) is 13.8 Å². The summed E-state index contributed by atoms with van der Waals surface area (Å²) in [6, 6.07) is 4.21. The Morgan fingerprint density at radius 2 is 1.95 bits per heavy atom. The highest BCUT2D eigenvalue weighted by molar-refractivity contribution is 6.00. The van der Waals surface area contributed by atoms with Gasteiger partial charge in [-0.25, -0.2) is 4.99 Å². The van der Waals surface area contributed by atoms with Crippen LogP contribution in [-0.2, 0) is 4.84 Å². The Labute approximate surface area is 122 Å². The fourth-order valence-corrected chi connectivity index (χ4v) is 1.78. The molecule has 4 nitrogen and oxygen atoms in total. The average Bonchev–Trinajstić information content (AvgIpc) is 2.44. The van der Waals surface area contributed by atoms with Gasteiger partial charge in [-0.15, -0.1) is 0 Å². The predicted octanol–water partition coefficient (Wildman–Crippen LogP) is 3.68. The maximum absolute atomic E-state index is 5.12. The Morgan fingerprint density at radius 1 is 1.25 bits per heavy atom. The lowest BCUT2D eigenvalue weighted by Gasteiger charge is -2.11. The van der Waals surface area contributed by atoms with Crippen LogP contribution in [0.2, 0.25) is 0 Å². The highest BCUT2D eigenvalue weighted by atomic mass is 16.6. The maximum Gasteiger partial charge on any atom is 0.114 e. The summed E-state index contributed by atoms with van der Waals surface area (Å²) in [6.07, 6.45) is 1.86. The van der Waals surface area contributed by atoms with Crippen LogP contribution in [-0.4, -0.2) is 37.1 Å². The van der Waals surface area contributed by atoms with Crippen LogP contribution < -0.4 is 0 Å². The van der Waals surface area contributed by atoms with Crippen molar-refractivity contribution in [3.8, 4) is 0 Å². The molecule has 4 heteroatoms. The van der Waals surface area contributed by atoms with Crippen molar-refractivity contribution >= 4 is 17.7 Å². The summed E-state index contributed by atoms with van der Waals surface area (Å²) in [5.41, 5.74) is 5.29. The fourth-order valence-electron chi connectivity index (χ4n) is 1.78. The van der Waals surface area contributed by atoms with Gasteiger partial charge in [0.05, 0.1) is 17.7 Å². The second-order valence-electron chi connectivity index (χ2n) is 4.87. The minimum Gasteiger partial charge on any atom is -0.396 e. The molecule has 0 atom stereocenters. The van der Waals surface area contributed by atoms with Crippen molar-refractivity contribution in [1.82, 2.24) is 4.90 Å². The first-order valence-electron chi connectivity index (χ1n) is 7.02. The molecule has 0 amide bonds. The van der Waals surface area contributed by atoms with Gasteiger partial charge in [-0.2, -0.15) is 0 Å². The number of aliphatic imine (C=N–C) groups is 1. The highest BCUT2D eigenvalue weighted by Gasteiger charge is 2.07. The number of hydrogen-bond acceptors (Lipinski definition) is 3. The molecule has 0 unspecified atom stereocenters. The summed E-state index contributed by atoms with van der Waals surface area (Å²) in [4.78, 5) is 11.7. The van der Waals surface area contributed by atoms with Gasteiger partial charge in [0.1, 0.15) is 6.61 Å². The Morgan fingerprint density at radius 3 is 2.55 bits per heavy atom. The Hall–Kier alpha value is -1.84. The molecule has 110 valence electrons. The Balaban J connectivity index is 3.06. The molecule has 0 saturated carbocycles. The zero-order valence-corrected chi connectivity index (χ0v) is 13.4. The third-order valence-electron chi connectivity index (χ3n) is 3.16. The molecule has 0 spiro atoms. The average molecular weight is 275 g/mol. The van der Waals surface area contributed by atoms with Crippen LogP contribution in [0.25, 0.3) is 0 Å². The van der Waals surface area contributed by atoms with Crippen molar-refractivity contribution in [1.29, 1.82) is 0 Å². The van der Waals surface area contributed by atoms with Crippen LogP contribution in [0.1, 0.15) is 37.5 Å². The van der Waals surface area contributed by atoms with Gasteiger partial charge in [-0.05, 0) is 57.9 Å². The second-order valence-corrected chi connectivity index (χ2v) is 4.87. The lowest BCUT2D eigenvalue weighted by atomic mass is 10.0. The van der Waals surface area contributed by atoms with Crippen LogP contribution in [0.4, 0.5) is 5.69 Å². The quantitative estimate of drug-likeness (QED) is 0.451. The van der Waals surface area contributed by atoms with Crippen molar-refractivity contribution in [2.45, 2.75) is 34.6 Å². The molecule has 0 radical (unpaired) electrons. The van der Waals surface area contributed by atoms with Crippen molar-refractivity contribution in [3.05, 3.63) is 28.8 Å². The summed E-state index contributed by atoms with van der Waals surface area (Å²) in [6.45, 7) is 11.7. The number of oxime groups is 1. The van der Waals surface area contributed by atoms with E-state index in [1.807, 2.05) is 32.1 Å². The van der Waals surface area contributed by atoms with Crippen molar-refractivity contribution in [2.75, 3.05) is 20.2 Å². The monoisotopic (exact) mass is 275 g/mol. The van der Waals surface area contributed by atoms with E-state index in [2.05, 4.69) is 43.1 Å². The van der Waals surface area contributed by atoms with Gasteiger partial charge in [-0.3, -0.25) is 0 Å². The second kappa shape index (κ2) is 7.68. The van der Waals surface area contributed by atoms with Gasteiger partial charge in [0.2, 0.25) is 0 Å². The summed E-state index contributed by atoms with van der Waals surface area (Å²) in [5, 5.41) is 4.10. The minimum atomic E-state index is 0.584. The normalized spacial score (nSPS) is 12.0.